The van der Waals surface area contributed by atoms with E-state index in [1.807, 2.05) is 0 Å². The molecule has 16 heavy (non-hydrogen) atoms. The van der Waals surface area contributed by atoms with Crippen molar-refractivity contribution in [3.8, 4) is 0 Å². The van der Waals surface area contributed by atoms with Gasteiger partial charge in [0, 0.05) is 5.39 Å². The molecule has 0 bridgehead atoms. The molecule has 0 atom stereocenters. The molecule has 1 N–H and O–H groups in total. The lowest BCUT2D eigenvalue weighted by Gasteiger charge is -2.02. The number of hydrogen-bond acceptors (Lipinski definition) is 4. The van der Waals surface area contributed by atoms with Gasteiger partial charge in [0.15, 0.2) is 0 Å². The molecular formula is C8H4Cl2N2O3S. The third-order valence-corrected chi connectivity index (χ3v) is 3.20. The first-order valence-corrected chi connectivity index (χ1v) is 6.18. The topological polar surface area (TPSA) is 80.2 Å². The van der Waals surface area contributed by atoms with E-state index in [4.69, 9.17) is 27.8 Å². The highest BCUT2D eigenvalue weighted by Gasteiger charge is 2.12. The average molecular weight is 279 g/mol. The van der Waals surface area contributed by atoms with Gasteiger partial charge in [0.05, 0.1) is 10.4 Å². The van der Waals surface area contributed by atoms with Crippen molar-refractivity contribution < 1.29 is 13.0 Å². The summed E-state index contributed by atoms with van der Waals surface area (Å²) >= 11 is 11.4. The van der Waals surface area contributed by atoms with Crippen molar-refractivity contribution in [1.29, 1.82) is 0 Å². The van der Waals surface area contributed by atoms with E-state index >= 15 is 0 Å². The fourth-order valence-corrected chi connectivity index (χ4v) is 2.16. The molecule has 5 nitrogen and oxygen atoms in total. The second-order valence-corrected chi connectivity index (χ2v) is 5.06. The summed E-state index contributed by atoms with van der Waals surface area (Å²) in [4.78, 5) is 7.23. The van der Waals surface area contributed by atoms with Crippen molar-refractivity contribution in [3.63, 3.8) is 0 Å². The molecule has 1 heterocycles. The van der Waals surface area contributed by atoms with Crippen LogP contribution in [0.3, 0.4) is 0 Å². The number of nitrogens with zero attached hydrogens (tertiary/aromatic N) is 2. The van der Waals surface area contributed by atoms with Crippen LogP contribution in [-0.2, 0) is 10.1 Å². The van der Waals surface area contributed by atoms with Crippen LogP contribution in [0.15, 0.2) is 23.1 Å². The number of hydrogen-bond donors (Lipinski definition) is 1. The smallest absolute Gasteiger partial charge is 0.282 e. The van der Waals surface area contributed by atoms with Crippen molar-refractivity contribution in [1.82, 2.24) is 9.97 Å². The van der Waals surface area contributed by atoms with Crippen LogP contribution in [0.25, 0.3) is 10.9 Å². The fourth-order valence-electron chi connectivity index (χ4n) is 1.20. The normalized spacial score (nSPS) is 11.9. The number of aromatic nitrogens is 2. The lowest BCUT2D eigenvalue weighted by atomic mass is 10.2. The average Bonchev–Trinajstić information content (AvgIpc) is 2.15. The Balaban J connectivity index is 2.81. The second-order valence-electron chi connectivity index (χ2n) is 2.94. The van der Waals surface area contributed by atoms with E-state index in [0.29, 0.717) is 5.39 Å². The Labute approximate surface area is 101 Å². The predicted molar refractivity (Wildman–Crippen MR) is 59.4 cm³/mol. The van der Waals surface area contributed by atoms with Gasteiger partial charge in [-0.05, 0) is 29.8 Å². The molecule has 0 aliphatic heterocycles. The highest BCUT2D eigenvalue weighted by molar-refractivity contribution is 7.85. The molecule has 1 aromatic heterocycles. The third-order valence-electron chi connectivity index (χ3n) is 1.89. The minimum Gasteiger partial charge on any atom is -0.282 e. The van der Waals surface area contributed by atoms with Gasteiger partial charge in [-0.3, -0.25) is 4.55 Å². The molecular weight excluding hydrogens is 275 g/mol. The van der Waals surface area contributed by atoms with Crippen molar-refractivity contribution in [2.75, 3.05) is 0 Å². The Morgan fingerprint density at radius 1 is 1.19 bits per heavy atom. The van der Waals surface area contributed by atoms with Gasteiger partial charge < -0.3 is 0 Å². The standard InChI is InChI=1S/C8H4Cl2N2O3S/c9-7-5-2-1-4(16(13,14)15)3-6(5)11-8(10)12-7/h1-3H,(H,13,14,15). The lowest BCUT2D eigenvalue weighted by molar-refractivity contribution is 0.483. The van der Waals surface area contributed by atoms with E-state index in [1.165, 1.54) is 18.2 Å². The van der Waals surface area contributed by atoms with E-state index in [-0.39, 0.29) is 20.8 Å². The molecule has 0 radical (unpaired) electrons. The molecule has 0 saturated carbocycles. The Bertz CT molecular complexity index is 672. The van der Waals surface area contributed by atoms with E-state index in [2.05, 4.69) is 9.97 Å². The first-order valence-electron chi connectivity index (χ1n) is 3.98. The Morgan fingerprint density at radius 3 is 2.50 bits per heavy atom. The number of fused-ring (bicyclic) bond motifs is 1. The first kappa shape index (κ1) is 11.5. The molecule has 84 valence electrons. The van der Waals surface area contributed by atoms with Crippen LogP contribution in [0.5, 0.6) is 0 Å². The van der Waals surface area contributed by atoms with Gasteiger partial charge >= 0.3 is 0 Å². The quantitative estimate of drug-likeness (QED) is 0.491. The molecule has 2 aromatic rings. The Morgan fingerprint density at radius 2 is 1.88 bits per heavy atom. The van der Waals surface area contributed by atoms with Crippen LogP contribution in [0, 0.1) is 0 Å². The van der Waals surface area contributed by atoms with E-state index in [1.54, 1.807) is 0 Å². The van der Waals surface area contributed by atoms with Crippen molar-refractivity contribution in [3.05, 3.63) is 28.6 Å². The van der Waals surface area contributed by atoms with Gasteiger partial charge in [-0.2, -0.15) is 8.42 Å². The van der Waals surface area contributed by atoms with Crippen molar-refractivity contribution >= 4 is 44.2 Å². The Kier molecular flexibility index (Phi) is 2.75. The summed E-state index contributed by atoms with van der Waals surface area (Å²) in [6.45, 7) is 0. The third kappa shape index (κ3) is 2.10. The van der Waals surface area contributed by atoms with Crippen LogP contribution in [0.4, 0.5) is 0 Å². The molecule has 0 aliphatic rings. The van der Waals surface area contributed by atoms with E-state index in [9.17, 15) is 8.42 Å². The minimum atomic E-state index is -4.27. The number of rotatable bonds is 1. The zero-order chi connectivity index (χ0) is 11.9. The van der Waals surface area contributed by atoms with Crippen molar-refractivity contribution in [2.24, 2.45) is 0 Å². The SMILES string of the molecule is O=S(=O)(O)c1ccc2c(Cl)nc(Cl)nc2c1. The summed E-state index contributed by atoms with van der Waals surface area (Å²) < 4.78 is 30.6. The van der Waals surface area contributed by atoms with Crippen LogP contribution in [0.2, 0.25) is 10.4 Å². The second kappa shape index (κ2) is 3.81. The summed E-state index contributed by atoms with van der Waals surface area (Å²) in [5.41, 5.74) is 0.250. The lowest BCUT2D eigenvalue weighted by Crippen LogP contribution is -1.98. The summed E-state index contributed by atoms with van der Waals surface area (Å²) in [5, 5.41) is 0.486. The van der Waals surface area contributed by atoms with Crippen LogP contribution in [0.1, 0.15) is 0 Å². The summed E-state index contributed by atoms with van der Waals surface area (Å²) in [7, 11) is -4.27. The Hall–Kier alpha value is -0.950. The van der Waals surface area contributed by atoms with Gasteiger partial charge in [-0.25, -0.2) is 9.97 Å². The monoisotopic (exact) mass is 278 g/mol. The maximum Gasteiger partial charge on any atom is 0.294 e. The van der Waals surface area contributed by atoms with Crippen LogP contribution >= 0.6 is 23.2 Å². The summed E-state index contributed by atoms with van der Waals surface area (Å²) in [6, 6.07) is 3.78. The molecule has 0 spiro atoms. The molecule has 0 saturated heterocycles. The predicted octanol–water partition coefficient (Wildman–Crippen LogP) is 2.18. The molecule has 8 heteroatoms. The summed E-state index contributed by atoms with van der Waals surface area (Å²) in [6.07, 6.45) is 0. The van der Waals surface area contributed by atoms with E-state index < -0.39 is 10.1 Å². The highest BCUT2D eigenvalue weighted by Crippen LogP contribution is 2.24. The molecule has 0 fully saturated rings. The van der Waals surface area contributed by atoms with Crippen molar-refractivity contribution in [2.45, 2.75) is 4.90 Å². The van der Waals surface area contributed by atoms with Gasteiger partial charge in [-0.1, -0.05) is 11.6 Å². The number of halogens is 2. The maximum absolute atomic E-state index is 10.9. The first-order chi connectivity index (χ1) is 7.38. The molecule has 0 unspecified atom stereocenters. The van der Waals surface area contributed by atoms with Crippen LogP contribution < -0.4 is 0 Å². The van der Waals surface area contributed by atoms with Gasteiger partial charge in [0.1, 0.15) is 5.15 Å². The molecule has 0 aliphatic carbocycles. The summed E-state index contributed by atoms with van der Waals surface area (Å²) in [5.74, 6) is 0. The minimum absolute atomic E-state index is 0.0926. The fraction of sp³-hybridized carbons (Fsp3) is 0. The van der Waals surface area contributed by atoms with Gasteiger partial charge in [0.2, 0.25) is 5.28 Å². The zero-order valence-corrected chi connectivity index (χ0v) is 9.88. The molecule has 1 aromatic carbocycles. The number of benzene rings is 1. The van der Waals surface area contributed by atoms with Gasteiger partial charge in [0.25, 0.3) is 10.1 Å². The van der Waals surface area contributed by atoms with E-state index in [0.717, 1.165) is 0 Å². The maximum atomic E-state index is 10.9. The highest BCUT2D eigenvalue weighted by atomic mass is 35.5. The zero-order valence-electron chi connectivity index (χ0n) is 7.55. The van der Waals surface area contributed by atoms with Crippen LogP contribution in [-0.4, -0.2) is 22.9 Å². The van der Waals surface area contributed by atoms with Gasteiger partial charge in [-0.15, -0.1) is 0 Å². The largest absolute Gasteiger partial charge is 0.294 e. The molecule has 0 amide bonds. The molecule has 2 rings (SSSR count).